The summed E-state index contributed by atoms with van der Waals surface area (Å²) >= 11 is 0. The van der Waals surface area contributed by atoms with Crippen LogP contribution in [0, 0.1) is 11.3 Å². The van der Waals surface area contributed by atoms with E-state index in [0.717, 1.165) is 6.42 Å². The van der Waals surface area contributed by atoms with Crippen molar-refractivity contribution in [2.75, 3.05) is 0 Å². The van der Waals surface area contributed by atoms with Crippen molar-refractivity contribution in [2.24, 2.45) is 11.3 Å². The summed E-state index contributed by atoms with van der Waals surface area (Å²) < 4.78 is 0. The standard InChI is InChI=1S/C10H20O/c1-4-5-6-9(11)8-7-10(8,2)3/h8-9,11H,4-7H2,1-3H3. The largest absolute Gasteiger partial charge is 0.393 e. The maximum atomic E-state index is 9.66. The second kappa shape index (κ2) is 3.14. The first-order valence-corrected chi connectivity index (χ1v) is 4.76. The van der Waals surface area contributed by atoms with Gasteiger partial charge in [0.05, 0.1) is 6.10 Å². The van der Waals surface area contributed by atoms with E-state index in [4.69, 9.17) is 0 Å². The summed E-state index contributed by atoms with van der Waals surface area (Å²) in [6, 6.07) is 0. The van der Waals surface area contributed by atoms with Crippen molar-refractivity contribution in [2.45, 2.75) is 52.6 Å². The van der Waals surface area contributed by atoms with Crippen molar-refractivity contribution >= 4 is 0 Å². The fourth-order valence-electron chi connectivity index (χ4n) is 1.78. The van der Waals surface area contributed by atoms with E-state index in [1.54, 1.807) is 0 Å². The Hall–Kier alpha value is -0.0400. The van der Waals surface area contributed by atoms with Gasteiger partial charge in [0.1, 0.15) is 0 Å². The summed E-state index contributed by atoms with van der Waals surface area (Å²) in [6.45, 7) is 6.66. The molecule has 1 saturated carbocycles. The Morgan fingerprint density at radius 2 is 2.09 bits per heavy atom. The summed E-state index contributed by atoms with van der Waals surface area (Å²) in [5.74, 6) is 0.592. The molecule has 0 bridgehead atoms. The van der Waals surface area contributed by atoms with Crippen molar-refractivity contribution in [3.8, 4) is 0 Å². The third-order valence-corrected chi connectivity index (χ3v) is 2.91. The molecule has 1 nitrogen and oxygen atoms in total. The Morgan fingerprint density at radius 3 is 2.45 bits per heavy atom. The Bertz CT molecular complexity index is 129. The highest BCUT2D eigenvalue weighted by atomic mass is 16.3. The van der Waals surface area contributed by atoms with Crippen LogP contribution < -0.4 is 0 Å². The molecular formula is C10H20O. The molecule has 1 fully saturated rings. The molecule has 0 radical (unpaired) electrons. The summed E-state index contributed by atoms with van der Waals surface area (Å²) in [5, 5.41) is 9.66. The lowest BCUT2D eigenvalue weighted by molar-refractivity contribution is 0.124. The molecule has 0 saturated heterocycles. The van der Waals surface area contributed by atoms with Gasteiger partial charge in [-0.15, -0.1) is 0 Å². The first-order chi connectivity index (χ1) is 5.08. The predicted molar refractivity (Wildman–Crippen MR) is 47.4 cm³/mol. The maximum Gasteiger partial charge on any atom is 0.0573 e. The average Bonchev–Trinajstić information content (AvgIpc) is 2.55. The average molecular weight is 156 g/mol. The summed E-state index contributed by atoms with van der Waals surface area (Å²) in [4.78, 5) is 0. The number of aliphatic hydroxyl groups excluding tert-OH is 1. The van der Waals surface area contributed by atoms with Crippen LogP contribution in [0.4, 0.5) is 0 Å². The molecule has 1 rings (SSSR count). The molecule has 1 heteroatoms. The molecule has 0 aliphatic heterocycles. The quantitative estimate of drug-likeness (QED) is 0.663. The van der Waals surface area contributed by atoms with E-state index in [-0.39, 0.29) is 6.10 Å². The van der Waals surface area contributed by atoms with Crippen LogP contribution in [0.2, 0.25) is 0 Å². The van der Waals surface area contributed by atoms with Crippen LogP contribution in [-0.4, -0.2) is 11.2 Å². The Balaban J connectivity index is 2.17. The third kappa shape index (κ3) is 2.19. The molecule has 66 valence electrons. The molecule has 1 N–H and O–H groups in total. The minimum atomic E-state index is -0.0232. The molecular weight excluding hydrogens is 136 g/mol. The molecule has 11 heavy (non-hydrogen) atoms. The van der Waals surface area contributed by atoms with Crippen molar-refractivity contribution in [1.29, 1.82) is 0 Å². The van der Waals surface area contributed by atoms with E-state index < -0.39 is 0 Å². The summed E-state index contributed by atoms with van der Waals surface area (Å²) in [5.41, 5.74) is 0.438. The smallest absolute Gasteiger partial charge is 0.0573 e. The molecule has 0 aromatic heterocycles. The van der Waals surface area contributed by atoms with Crippen LogP contribution in [0.25, 0.3) is 0 Å². The number of unbranched alkanes of at least 4 members (excludes halogenated alkanes) is 1. The van der Waals surface area contributed by atoms with E-state index in [9.17, 15) is 5.11 Å². The Morgan fingerprint density at radius 1 is 1.55 bits per heavy atom. The molecule has 0 spiro atoms. The van der Waals surface area contributed by atoms with Crippen molar-refractivity contribution in [3.63, 3.8) is 0 Å². The van der Waals surface area contributed by atoms with Crippen molar-refractivity contribution < 1.29 is 5.11 Å². The van der Waals surface area contributed by atoms with Gasteiger partial charge in [-0.05, 0) is 24.2 Å². The minimum absolute atomic E-state index is 0.0232. The van der Waals surface area contributed by atoms with E-state index in [0.29, 0.717) is 11.3 Å². The van der Waals surface area contributed by atoms with Gasteiger partial charge in [-0.2, -0.15) is 0 Å². The van der Waals surface area contributed by atoms with E-state index in [1.165, 1.54) is 19.3 Å². The summed E-state index contributed by atoms with van der Waals surface area (Å²) in [7, 11) is 0. The first kappa shape index (κ1) is 9.05. The van der Waals surface area contributed by atoms with Gasteiger partial charge >= 0.3 is 0 Å². The van der Waals surface area contributed by atoms with E-state index >= 15 is 0 Å². The zero-order valence-corrected chi connectivity index (χ0v) is 7.93. The van der Waals surface area contributed by atoms with Crippen molar-refractivity contribution in [1.82, 2.24) is 0 Å². The van der Waals surface area contributed by atoms with Gasteiger partial charge in [-0.25, -0.2) is 0 Å². The minimum Gasteiger partial charge on any atom is -0.393 e. The SMILES string of the molecule is CCCCC(O)C1CC1(C)C. The van der Waals surface area contributed by atoms with Crippen molar-refractivity contribution in [3.05, 3.63) is 0 Å². The van der Waals surface area contributed by atoms with Gasteiger partial charge in [-0.1, -0.05) is 33.6 Å². The van der Waals surface area contributed by atoms with Gasteiger partial charge in [0.2, 0.25) is 0 Å². The van der Waals surface area contributed by atoms with Crippen LogP contribution >= 0.6 is 0 Å². The lowest BCUT2D eigenvalue weighted by Gasteiger charge is -2.10. The molecule has 1 aliphatic carbocycles. The lowest BCUT2D eigenvalue weighted by Crippen LogP contribution is -2.12. The zero-order chi connectivity index (χ0) is 8.48. The van der Waals surface area contributed by atoms with Gasteiger partial charge in [0.25, 0.3) is 0 Å². The molecule has 2 atom stereocenters. The number of aliphatic hydroxyl groups is 1. The highest BCUT2D eigenvalue weighted by Gasteiger charge is 2.49. The molecule has 0 aromatic rings. The third-order valence-electron chi connectivity index (χ3n) is 2.91. The molecule has 2 unspecified atom stereocenters. The van der Waals surface area contributed by atoms with Crippen LogP contribution in [0.15, 0.2) is 0 Å². The highest BCUT2D eigenvalue weighted by Crippen LogP contribution is 2.54. The maximum absolute atomic E-state index is 9.66. The molecule has 1 aliphatic rings. The first-order valence-electron chi connectivity index (χ1n) is 4.76. The number of rotatable bonds is 4. The van der Waals surface area contributed by atoms with E-state index in [2.05, 4.69) is 20.8 Å². The van der Waals surface area contributed by atoms with Gasteiger partial charge < -0.3 is 5.11 Å². The Kier molecular flexibility index (Phi) is 2.58. The monoisotopic (exact) mass is 156 g/mol. The fraction of sp³-hybridized carbons (Fsp3) is 1.00. The Labute approximate surface area is 69.8 Å². The topological polar surface area (TPSA) is 20.2 Å². The molecule has 0 heterocycles. The van der Waals surface area contributed by atoms with Crippen LogP contribution in [0.1, 0.15) is 46.5 Å². The van der Waals surface area contributed by atoms with Gasteiger partial charge in [0.15, 0.2) is 0 Å². The predicted octanol–water partition coefficient (Wildman–Crippen LogP) is 2.58. The van der Waals surface area contributed by atoms with Crippen LogP contribution in [0.5, 0.6) is 0 Å². The fourth-order valence-corrected chi connectivity index (χ4v) is 1.78. The highest BCUT2D eigenvalue weighted by molar-refractivity contribution is 4.98. The zero-order valence-electron chi connectivity index (χ0n) is 7.93. The van der Waals surface area contributed by atoms with Crippen LogP contribution in [-0.2, 0) is 0 Å². The number of hydrogen-bond donors (Lipinski definition) is 1. The second-order valence-electron chi connectivity index (χ2n) is 4.51. The number of hydrogen-bond acceptors (Lipinski definition) is 1. The van der Waals surface area contributed by atoms with Gasteiger partial charge in [-0.3, -0.25) is 0 Å². The molecule has 0 amide bonds. The molecule has 0 aromatic carbocycles. The van der Waals surface area contributed by atoms with Gasteiger partial charge in [0, 0.05) is 0 Å². The van der Waals surface area contributed by atoms with Crippen LogP contribution in [0.3, 0.4) is 0 Å². The summed E-state index contributed by atoms with van der Waals surface area (Å²) in [6.07, 6.45) is 4.57. The normalized spacial score (nSPS) is 30.0. The second-order valence-corrected chi connectivity index (χ2v) is 4.51. The lowest BCUT2D eigenvalue weighted by atomic mass is 10.0. The van der Waals surface area contributed by atoms with E-state index in [1.807, 2.05) is 0 Å².